The first-order valence-electron chi connectivity index (χ1n) is 6.90. The molecule has 0 saturated heterocycles. The molecular formula is C17H19NO2. The third-order valence-corrected chi connectivity index (χ3v) is 3.85. The Labute approximate surface area is 119 Å². The molecule has 1 aliphatic heterocycles. The van der Waals surface area contributed by atoms with Gasteiger partial charge in [-0.05, 0) is 36.6 Å². The van der Waals surface area contributed by atoms with E-state index in [4.69, 9.17) is 15.2 Å². The largest absolute Gasteiger partial charge is 0.486 e. The predicted molar refractivity (Wildman–Crippen MR) is 80.3 cm³/mol. The van der Waals surface area contributed by atoms with Crippen LogP contribution >= 0.6 is 0 Å². The highest BCUT2D eigenvalue weighted by atomic mass is 16.6. The summed E-state index contributed by atoms with van der Waals surface area (Å²) >= 11 is 0. The van der Waals surface area contributed by atoms with E-state index in [1.54, 1.807) is 0 Å². The second-order valence-corrected chi connectivity index (χ2v) is 5.17. The van der Waals surface area contributed by atoms with Gasteiger partial charge in [-0.25, -0.2) is 0 Å². The fraction of sp³-hybridized carbons (Fsp3) is 0.294. The molecule has 2 aromatic rings. The topological polar surface area (TPSA) is 44.5 Å². The van der Waals surface area contributed by atoms with Gasteiger partial charge in [0.05, 0.1) is 0 Å². The second kappa shape index (κ2) is 5.17. The standard InChI is InChI=1S/C17H19NO2/c1-11-5-3-6-14(12(11)2)15-7-4-8-16-17(15)20-13(9-18)10-19-16/h3-8,13H,9-10,18H2,1-2H3. The van der Waals surface area contributed by atoms with Gasteiger partial charge in [-0.15, -0.1) is 0 Å². The summed E-state index contributed by atoms with van der Waals surface area (Å²) in [5.74, 6) is 1.61. The first-order valence-corrected chi connectivity index (χ1v) is 6.90. The minimum absolute atomic E-state index is 0.0752. The van der Waals surface area contributed by atoms with Crippen molar-refractivity contribution in [2.45, 2.75) is 20.0 Å². The minimum atomic E-state index is -0.0752. The molecule has 0 fully saturated rings. The Hall–Kier alpha value is -2.00. The Kier molecular flexibility index (Phi) is 3.36. The van der Waals surface area contributed by atoms with Crippen molar-refractivity contribution in [1.82, 2.24) is 0 Å². The Morgan fingerprint density at radius 2 is 1.85 bits per heavy atom. The fourth-order valence-electron chi connectivity index (χ4n) is 2.51. The molecule has 1 aliphatic rings. The van der Waals surface area contributed by atoms with Crippen molar-refractivity contribution in [2.24, 2.45) is 5.73 Å². The lowest BCUT2D eigenvalue weighted by atomic mass is 9.96. The molecule has 2 aromatic carbocycles. The fourth-order valence-corrected chi connectivity index (χ4v) is 2.51. The molecule has 3 heteroatoms. The molecule has 3 nitrogen and oxygen atoms in total. The number of benzene rings is 2. The Bertz CT molecular complexity index is 637. The summed E-state index contributed by atoms with van der Waals surface area (Å²) in [5, 5.41) is 0. The number of para-hydroxylation sites is 1. The van der Waals surface area contributed by atoms with Crippen molar-refractivity contribution >= 4 is 0 Å². The molecule has 1 unspecified atom stereocenters. The van der Waals surface area contributed by atoms with Gasteiger partial charge in [0.25, 0.3) is 0 Å². The lowest BCUT2D eigenvalue weighted by molar-refractivity contribution is 0.0976. The molecule has 1 heterocycles. The van der Waals surface area contributed by atoms with Crippen LogP contribution in [0, 0.1) is 13.8 Å². The van der Waals surface area contributed by atoms with E-state index in [0.29, 0.717) is 13.2 Å². The van der Waals surface area contributed by atoms with Crippen LogP contribution in [-0.4, -0.2) is 19.3 Å². The lowest BCUT2D eigenvalue weighted by Gasteiger charge is -2.27. The molecule has 0 amide bonds. The Balaban J connectivity index is 2.13. The number of rotatable bonds is 2. The summed E-state index contributed by atoms with van der Waals surface area (Å²) in [6.45, 7) is 5.22. The number of nitrogens with two attached hydrogens (primary N) is 1. The van der Waals surface area contributed by atoms with Gasteiger partial charge < -0.3 is 15.2 Å². The van der Waals surface area contributed by atoms with Crippen molar-refractivity contribution in [3.63, 3.8) is 0 Å². The molecule has 0 radical (unpaired) electrons. The quantitative estimate of drug-likeness (QED) is 0.911. The van der Waals surface area contributed by atoms with Gasteiger partial charge in [0, 0.05) is 12.1 Å². The molecule has 2 N–H and O–H groups in total. The van der Waals surface area contributed by atoms with E-state index >= 15 is 0 Å². The number of hydrogen-bond donors (Lipinski definition) is 1. The maximum Gasteiger partial charge on any atom is 0.169 e. The van der Waals surface area contributed by atoms with Crippen LogP contribution < -0.4 is 15.2 Å². The van der Waals surface area contributed by atoms with Gasteiger partial charge in [0.1, 0.15) is 12.7 Å². The Morgan fingerprint density at radius 3 is 2.65 bits per heavy atom. The van der Waals surface area contributed by atoms with Crippen LogP contribution in [0.2, 0.25) is 0 Å². The zero-order valence-electron chi connectivity index (χ0n) is 11.8. The summed E-state index contributed by atoms with van der Waals surface area (Å²) in [6, 6.07) is 12.3. The van der Waals surface area contributed by atoms with Crippen LogP contribution in [0.5, 0.6) is 11.5 Å². The summed E-state index contributed by atoms with van der Waals surface area (Å²) in [4.78, 5) is 0. The molecule has 0 bridgehead atoms. The maximum absolute atomic E-state index is 6.01. The van der Waals surface area contributed by atoms with E-state index in [1.165, 1.54) is 16.7 Å². The second-order valence-electron chi connectivity index (χ2n) is 5.17. The summed E-state index contributed by atoms with van der Waals surface area (Å²) < 4.78 is 11.8. The average Bonchev–Trinajstić information content (AvgIpc) is 2.49. The van der Waals surface area contributed by atoms with Crippen LogP contribution in [0.3, 0.4) is 0 Å². The molecule has 104 valence electrons. The summed E-state index contributed by atoms with van der Waals surface area (Å²) in [7, 11) is 0. The summed E-state index contributed by atoms with van der Waals surface area (Å²) in [5.41, 5.74) is 10.5. The van der Waals surface area contributed by atoms with Gasteiger partial charge in [0.15, 0.2) is 11.5 Å². The van der Waals surface area contributed by atoms with Gasteiger partial charge in [-0.2, -0.15) is 0 Å². The van der Waals surface area contributed by atoms with Crippen LogP contribution in [0.4, 0.5) is 0 Å². The van der Waals surface area contributed by atoms with Crippen LogP contribution in [0.25, 0.3) is 11.1 Å². The highest BCUT2D eigenvalue weighted by molar-refractivity contribution is 5.77. The number of ether oxygens (including phenoxy) is 2. The van der Waals surface area contributed by atoms with Crippen molar-refractivity contribution in [3.05, 3.63) is 47.5 Å². The third kappa shape index (κ3) is 2.14. The van der Waals surface area contributed by atoms with Crippen LogP contribution in [-0.2, 0) is 0 Å². The first-order chi connectivity index (χ1) is 9.70. The highest BCUT2D eigenvalue weighted by Crippen LogP contribution is 2.42. The number of fused-ring (bicyclic) bond motifs is 1. The molecule has 1 atom stereocenters. The van der Waals surface area contributed by atoms with Crippen molar-refractivity contribution in [3.8, 4) is 22.6 Å². The molecule has 0 saturated carbocycles. The van der Waals surface area contributed by atoms with Crippen molar-refractivity contribution in [1.29, 1.82) is 0 Å². The smallest absolute Gasteiger partial charge is 0.169 e. The van der Waals surface area contributed by atoms with Crippen molar-refractivity contribution in [2.75, 3.05) is 13.2 Å². The van der Waals surface area contributed by atoms with Crippen molar-refractivity contribution < 1.29 is 9.47 Å². The lowest BCUT2D eigenvalue weighted by Crippen LogP contribution is -2.35. The van der Waals surface area contributed by atoms with E-state index < -0.39 is 0 Å². The van der Waals surface area contributed by atoms with Gasteiger partial charge in [-0.3, -0.25) is 0 Å². The van der Waals surface area contributed by atoms with E-state index in [0.717, 1.165) is 17.1 Å². The summed E-state index contributed by atoms with van der Waals surface area (Å²) in [6.07, 6.45) is -0.0752. The first kappa shape index (κ1) is 13.0. The van der Waals surface area contributed by atoms with Gasteiger partial charge in [-0.1, -0.05) is 30.3 Å². The normalized spacial score (nSPS) is 17.1. The van der Waals surface area contributed by atoms with Gasteiger partial charge >= 0.3 is 0 Å². The SMILES string of the molecule is Cc1cccc(-c2cccc3c2OC(CN)CO3)c1C. The highest BCUT2D eigenvalue weighted by Gasteiger charge is 2.23. The molecule has 0 aromatic heterocycles. The molecule has 0 aliphatic carbocycles. The zero-order chi connectivity index (χ0) is 14.1. The maximum atomic E-state index is 6.01. The minimum Gasteiger partial charge on any atom is -0.486 e. The predicted octanol–water partition coefficient (Wildman–Crippen LogP) is 3.07. The van der Waals surface area contributed by atoms with Crippen LogP contribution in [0.15, 0.2) is 36.4 Å². The number of hydrogen-bond acceptors (Lipinski definition) is 3. The molecule has 3 rings (SSSR count). The van der Waals surface area contributed by atoms with E-state index in [9.17, 15) is 0 Å². The van der Waals surface area contributed by atoms with E-state index in [-0.39, 0.29) is 6.10 Å². The molecular weight excluding hydrogens is 250 g/mol. The molecule has 0 spiro atoms. The monoisotopic (exact) mass is 269 g/mol. The molecule has 20 heavy (non-hydrogen) atoms. The van der Waals surface area contributed by atoms with E-state index in [1.807, 2.05) is 12.1 Å². The van der Waals surface area contributed by atoms with Gasteiger partial charge in [0.2, 0.25) is 0 Å². The average molecular weight is 269 g/mol. The third-order valence-electron chi connectivity index (χ3n) is 3.85. The van der Waals surface area contributed by atoms with E-state index in [2.05, 4.69) is 38.1 Å². The zero-order valence-corrected chi connectivity index (χ0v) is 11.8. The Morgan fingerprint density at radius 1 is 1.10 bits per heavy atom. The number of aryl methyl sites for hydroxylation is 1. The van der Waals surface area contributed by atoms with Crippen LogP contribution in [0.1, 0.15) is 11.1 Å².